The number of pyridine rings is 1. The summed E-state index contributed by atoms with van der Waals surface area (Å²) in [5.41, 5.74) is -3.57. The smallest absolute Gasteiger partial charge is 0.360 e. The molecule has 0 unspecified atom stereocenters. The number of aromatic nitrogens is 4. The summed E-state index contributed by atoms with van der Waals surface area (Å²) in [6.45, 7) is 0.947. The Morgan fingerprint density at radius 1 is 1.30 bits per heavy atom. The van der Waals surface area contributed by atoms with Crippen molar-refractivity contribution < 1.29 is 22.5 Å². The van der Waals surface area contributed by atoms with Gasteiger partial charge in [-0.15, -0.1) is 0 Å². The number of rotatable bonds is 3. The lowest BCUT2D eigenvalue weighted by Crippen LogP contribution is -2.42. The quantitative estimate of drug-likeness (QED) is 0.724. The van der Waals surface area contributed by atoms with Crippen LogP contribution in [0.25, 0.3) is 11.0 Å². The minimum atomic E-state index is -4.73. The highest BCUT2D eigenvalue weighted by Gasteiger charge is 2.33. The van der Waals surface area contributed by atoms with Crippen LogP contribution in [0, 0.1) is 6.92 Å². The Morgan fingerprint density at radius 2 is 2.00 bits per heavy atom. The number of carbonyl (C=O) groups is 1. The van der Waals surface area contributed by atoms with Gasteiger partial charge in [0.25, 0.3) is 5.56 Å². The van der Waals surface area contributed by atoms with Crippen LogP contribution in [0.4, 0.5) is 19.0 Å². The van der Waals surface area contributed by atoms with Crippen LogP contribution in [0.5, 0.6) is 0 Å². The zero-order valence-corrected chi connectivity index (χ0v) is 14.0. The number of anilines is 1. The highest BCUT2D eigenvalue weighted by atomic mass is 19.4. The molecule has 0 saturated heterocycles. The van der Waals surface area contributed by atoms with E-state index in [0.717, 1.165) is 17.7 Å². The number of aryl methyl sites for hydroxylation is 2. The summed E-state index contributed by atoms with van der Waals surface area (Å²) >= 11 is 0. The van der Waals surface area contributed by atoms with Crippen molar-refractivity contribution >= 4 is 22.8 Å². The van der Waals surface area contributed by atoms with Crippen LogP contribution in [-0.4, -0.2) is 25.2 Å². The molecule has 0 bridgehead atoms. The van der Waals surface area contributed by atoms with Gasteiger partial charge in [-0.05, 0) is 19.1 Å². The summed E-state index contributed by atoms with van der Waals surface area (Å²) in [4.78, 5) is 40.2. The van der Waals surface area contributed by atoms with Crippen molar-refractivity contribution in [1.29, 1.82) is 0 Å². The molecule has 9 nitrogen and oxygen atoms in total. The topological polar surface area (TPSA) is 112 Å². The third-order valence-corrected chi connectivity index (χ3v) is 3.67. The number of nitrogens with one attached hydrogen (secondary N) is 1. The Labute approximate surface area is 148 Å². The fourth-order valence-electron chi connectivity index (χ4n) is 2.42. The maximum Gasteiger partial charge on any atom is 0.433 e. The van der Waals surface area contributed by atoms with Crippen molar-refractivity contribution in [3.63, 3.8) is 0 Å². The molecular formula is C15H12F3N5O4. The number of hydrogen-bond acceptors (Lipinski definition) is 6. The Bertz CT molecular complexity index is 1160. The van der Waals surface area contributed by atoms with Crippen molar-refractivity contribution in [2.24, 2.45) is 7.05 Å². The van der Waals surface area contributed by atoms with Gasteiger partial charge < -0.3 is 9.84 Å². The summed E-state index contributed by atoms with van der Waals surface area (Å²) in [5, 5.41) is 5.67. The van der Waals surface area contributed by atoms with E-state index in [-0.39, 0.29) is 11.2 Å². The minimum absolute atomic E-state index is 0.0969. The monoisotopic (exact) mass is 383 g/mol. The van der Waals surface area contributed by atoms with E-state index >= 15 is 0 Å². The van der Waals surface area contributed by atoms with Gasteiger partial charge in [-0.3, -0.25) is 18.7 Å². The molecule has 0 aliphatic carbocycles. The molecule has 1 amide bonds. The van der Waals surface area contributed by atoms with Gasteiger partial charge in [-0.1, -0.05) is 5.16 Å². The zero-order chi connectivity index (χ0) is 19.9. The van der Waals surface area contributed by atoms with Gasteiger partial charge in [0, 0.05) is 13.1 Å². The second-order valence-corrected chi connectivity index (χ2v) is 5.67. The molecule has 3 aromatic heterocycles. The Morgan fingerprint density at radius 3 is 2.59 bits per heavy atom. The predicted octanol–water partition coefficient (Wildman–Crippen LogP) is 1.05. The van der Waals surface area contributed by atoms with E-state index in [0.29, 0.717) is 16.4 Å². The molecule has 0 saturated carbocycles. The first-order chi connectivity index (χ1) is 12.6. The number of nitrogens with zero attached hydrogens (tertiary/aromatic N) is 4. The lowest BCUT2D eigenvalue weighted by molar-refractivity contribution is -0.141. The van der Waals surface area contributed by atoms with Crippen molar-refractivity contribution in [2.45, 2.75) is 19.6 Å². The van der Waals surface area contributed by atoms with Gasteiger partial charge in [0.1, 0.15) is 23.6 Å². The van der Waals surface area contributed by atoms with Crippen LogP contribution in [0.1, 0.15) is 11.5 Å². The highest BCUT2D eigenvalue weighted by Crippen LogP contribution is 2.28. The molecule has 0 radical (unpaired) electrons. The molecule has 0 atom stereocenters. The highest BCUT2D eigenvalue weighted by molar-refractivity contribution is 5.89. The molecule has 3 heterocycles. The third-order valence-electron chi connectivity index (χ3n) is 3.67. The number of halogens is 3. The maximum atomic E-state index is 12.8. The van der Waals surface area contributed by atoms with Gasteiger partial charge in [0.2, 0.25) is 5.91 Å². The van der Waals surface area contributed by atoms with Crippen molar-refractivity contribution in [3.8, 4) is 0 Å². The lowest BCUT2D eigenvalue weighted by atomic mass is 10.2. The predicted molar refractivity (Wildman–Crippen MR) is 86.1 cm³/mol. The Hall–Kier alpha value is -3.44. The van der Waals surface area contributed by atoms with E-state index in [1.165, 1.54) is 6.07 Å². The molecule has 12 heteroatoms. The first kappa shape index (κ1) is 18.4. The summed E-state index contributed by atoms with van der Waals surface area (Å²) in [6.07, 6.45) is -4.73. The van der Waals surface area contributed by atoms with E-state index < -0.39 is 41.2 Å². The first-order valence-corrected chi connectivity index (χ1v) is 7.49. The van der Waals surface area contributed by atoms with Crippen LogP contribution in [0.15, 0.2) is 32.3 Å². The van der Waals surface area contributed by atoms with Crippen molar-refractivity contribution in [3.05, 3.63) is 50.5 Å². The van der Waals surface area contributed by atoms with E-state index in [4.69, 9.17) is 4.52 Å². The molecular weight excluding hydrogens is 371 g/mol. The largest absolute Gasteiger partial charge is 0.433 e. The van der Waals surface area contributed by atoms with E-state index in [1.807, 2.05) is 0 Å². The second kappa shape index (κ2) is 6.37. The SMILES string of the molecule is Cc1cc(NC(=O)Cn2c(=O)c3ccc(C(F)(F)F)nc3n(C)c2=O)no1. The van der Waals surface area contributed by atoms with Crippen LogP contribution in [0.2, 0.25) is 0 Å². The van der Waals surface area contributed by atoms with Crippen LogP contribution in [-0.2, 0) is 24.6 Å². The average Bonchev–Trinajstić information content (AvgIpc) is 3.00. The average molecular weight is 383 g/mol. The van der Waals surface area contributed by atoms with Crippen molar-refractivity contribution in [1.82, 2.24) is 19.3 Å². The lowest BCUT2D eigenvalue weighted by Gasteiger charge is -2.11. The minimum Gasteiger partial charge on any atom is -0.360 e. The fourth-order valence-corrected chi connectivity index (χ4v) is 2.42. The molecule has 0 fully saturated rings. The molecule has 0 spiro atoms. The summed E-state index contributed by atoms with van der Waals surface area (Å²) in [5.74, 6) is -0.197. The molecule has 0 aromatic carbocycles. The fraction of sp³-hybridized carbons (Fsp3) is 0.267. The van der Waals surface area contributed by atoms with Crippen LogP contribution < -0.4 is 16.6 Å². The standard InChI is InChI=1S/C15H12F3N5O4/c1-7-5-10(21-27-7)20-11(24)6-23-13(25)8-3-4-9(15(16,17)18)19-12(8)22(2)14(23)26/h3-5H,6H2,1-2H3,(H,20,21,24). The number of hydrogen-bond donors (Lipinski definition) is 1. The van der Waals surface area contributed by atoms with Gasteiger partial charge in [0.15, 0.2) is 5.82 Å². The second-order valence-electron chi connectivity index (χ2n) is 5.67. The molecule has 0 aliphatic rings. The molecule has 1 N–H and O–H groups in total. The van der Waals surface area contributed by atoms with Gasteiger partial charge in [-0.25, -0.2) is 9.78 Å². The Balaban J connectivity index is 2.03. The number of alkyl halides is 3. The summed E-state index contributed by atoms with van der Waals surface area (Å²) in [6, 6.07) is 2.99. The van der Waals surface area contributed by atoms with Gasteiger partial charge >= 0.3 is 11.9 Å². The third kappa shape index (κ3) is 3.45. The molecule has 27 heavy (non-hydrogen) atoms. The summed E-state index contributed by atoms with van der Waals surface area (Å²) < 4.78 is 44.6. The Kier molecular flexibility index (Phi) is 4.33. The maximum absolute atomic E-state index is 12.8. The zero-order valence-electron chi connectivity index (χ0n) is 14.0. The molecule has 142 valence electrons. The van der Waals surface area contributed by atoms with Crippen LogP contribution in [0.3, 0.4) is 0 Å². The van der Waals surface area contributed by atoms with E-state index in [1.54, 1.807) is 6.92 Å². The number of fused-ring (bicyclic) bond motifs is 1. The van der Waals surface area contributed by atoms with Gasteiger partial charge in [0.05, 0.1) is 5.39 Å². The molecule has 3 aromatic rings. The van der Waals surface area contributed by atoms with Crippen molar-refractivity contribution in [2.75, 3.05) is 5.32 Å². The molecule has 3 rings (SSSR count). The number of amides is 1. The normalized spacial score (nSPS) is 11.7. The van der Waals surface area contributed by atoms with E-state index in [2.05, 4.69) is 15.5 Å². The summed E-state index contributed by atoms with van der Waals surface area (Å²) in [7, 11) is 1.16. The first-order valence-electron chi connectivity index (χ1n) is 7.49. The van der Waals surface area contributed by atoms with Gasteiger partial charge in [-0.2, -0.15) is 13.2 Å². The molecule has 0 aliphatic heterocycles. The van der Waals surface area contributed by atoms with Crippen LogP contribution >= 0.6 is 0 Å². The van der Waals surface area contributed by atoms with E-state index in [9.17, 15) is 27.6 Å². The number of carbonyl (C=O) groups excluding carboxylic acids is 1.